The van der Waals surface area contributed by atoms with Gasteiger partial charge in [0, 0.05) is 4.47 Å². The number of hydrogen-bond acceptors (Lipinski definition) is 2. The van der Waals surface area contributed by atoms with Gasteiger partial charge < -0.3 is 9.84 Å². The lowest BCUT2D eigenvalue weighted by Crippen LogP contribution is -1.93. The van der Waals surface area contributed by atoms with E-state index >= 15 is 0 Å². The van der Waals surface area contributed by atoms with Crippen molar-refractivity contribution in [2.45, 2.75) is 20.0 Å². The van der Waals surface area contributed by atoms with Crippen molar-refractivity contribution in [1.29, 1.82) is 0 Å². The maximum atomic E-state index is 9.50. The van der Waals surface area contributed by atoms with Crippen molar-refractivity contribution in [1.82, 2.24) is 0 Å². The maximum Gasteiger partial charge on any atom is 0.146 e. The van der Waals surface area contributed by atoms with Crippen molar-refractivity contribution in [3.8, 4) is 11.5 Å². The Morgan fingerprint density at radius 2 is 1.89 bits per heavy atom. The van der Waals surface area contributed by atoms with Gasteiger partial charge in [0.1, 0.15) is 11.5 Å². The van der Waals surface area contributed by atoms with Crippen molar-refractivity contribution >= 4 is 27.5 Å². The Kier molecular flexibility index (Phi) is 4.50. The Hall–Kier alpha value is -1.03. The summed E-state index contributed by atoms with van der Waals surface area (Å²) in [6.07, 6.45) is -0.542. The van der Waals surface area contributed by atoms with Gasteiger partial charge in [-0.3, -0.25) is 0 Å². The molecule has 2 aromatic carbocycles. The van der Waals surface area contributed by atoms with E-state index in [0.29, 0.717) is 10.8 Å². The average molecular weight is 342 g/mol. The van der Waals surface area contributed by atoms with E-state index in [4.69, 9.17) is 16.3 Å². The number of ether oxygens (including phenoxy) is 1. The van der Waals surface area contributed by atoms with Gasteiger partial charge in [-0.2, -0.15) is 0 Å². The number of hydrogen-bond donors (Lipinski definition) is 1. The molecule has 0 spiro atoms. The van der Waals surface area contributed by atoms with E-state index in [1.54, 1.807) is 25.1 Å². The fourth-order valence-corrected chi connectivity index (χ4v) is 2.23. The lowest BCUT2D eigenvalue weighted by Gasteiger charge is -2.12. The SMILES string of the molecule is Cc1ccc(Br)cc1Oc1ccc([C@H](C)O)cc1Cl. The van der Waals surface area contributed by atoms with Crippen LogP contribution in [0.3, 0.4) is 0 Å². The van der Waals surface area contributed by atoms with E-state index in [1.807, 2.05) is 25.1 Å². The third kappa shape index (κ3) is 3.50. The summed E-state index contributed by atoms with van der Waals surface area (Å²) < 4.78 is 6.76. The average Bonchev–Trinajstić information content (AvgIpc) is 2.36. The van der Waals surface area contributed by atoms with Crippen LogP contribution in [0.1, 0.15) is 24.2 Å². The molecule has 2 nitrogen and oxygen atoms in total. The van der Waals surface area contributed by atoms with E-state index in [9.17, 15) is 5.11 Å². The van der Waals surface area contributed by atoms with Crippen LogP contribution in [0.2, 0.25) is 5.02 Å². The molecule has 19 heavy (non-hydrogen) atoms. The number of aliphatic hydroxyl groups excluding tert-OH is 1. The van der Waals surface area contributed by atoms with Crippen LogP contribution in [-0.4, -0.2) is 5.11 Å². The highest BCUT2D eigenvalue weighted by Crippen LogP contribution is 2.34. The smallest absolute Gasteiger partial charge is 0.146 e. The Bertz CT molecular complexity index is 597. The lowest BCUT2D eigenvalue weighted by molar-refractivity contribution is 0.199. The predicted molar refractivity (Wildman–Crippen MR) is 81.0 cm³/mol. The molecule has 4 heteroatoms. The van der Waals surface area contributed by atoms with Crippen LogP contribution in [0.5, 0.6) is 11.5 Å². The molecule has 0 aliphatic heterocycles. The molecular formula is C15H14BrClO2. The number of benzene rings is 2. The quantitative estimate of drug-likeness (QED) is 0.825. The number of halogens is 2. The summed E-state index contributed by atoms with van der Waals surface area (Å²) in [5, 5.41) is 9.99. The molecule has 0 bridgehead atoms. The van der Waals surface area contributed by atoms with Gasteiger partial charge in [-0.05, 0) is 49.2 Å². The van der Waals surface area contributed by atoms with Crippen LogP contribution in [0.15, 0.2) is 40.9 Å². The zero-order valence-electron chi connectivity index (χ0n) is 10.7. The first kappa shape index (κ1) is 14.4. The van der Waals surface area contributed by atoms with Crippen LogP contribution in [0.4, 0.5) is 0 Å². The van der Waals surface area contributed by atoms with E-state index in [2.05, 4.69) is 15.9 Å². The molecule has 0 saturated carbocycles. The topological polar surface area (TPSA) is 29.5 Å². The summed E-state index contributed by atoms with van der Waals surface area (Å²) in [5.41, 5.74) is 1.79. The predicted octanol–water partition coefficient (Wildman–Crippen LogP) is 5.26. The first-order valence-corrected chi connectivity index (χ1v) is 7.06. The third-order valence-electron chi connectivity index (χ3n) is 2.81. The summed E-state index contributed by atoms with van der Waals surface area (Å²) in [4.78, 5) is 0. The highest BCUT2D eigenvalue weighted by Gasteiger charge is 2.09. The molecule has 0 aliphatic carbocycles. The number of aliphatic hydroxyl groups is 1. The second kappa shape index (κ2) is 5.95. The fraction of sp³-hybridized carbons (Fsp3) is 0.200. The lowest BCUT2D eigenvalue weighted by atomic mass is 10.1. The van der Waals surface area contributed by atoms with Crippen molar-refractivity contribution in [2.24, 2.45) is 0 Å². The van der Waals surface area contributed by atoms with Crippen LogP contribution >= 0.6 is 27.5 Å². The molecule has 0 aromatic heterocycles. The molecule has 0 amide bonds. The molecule has 1 atom stereocenters. The van der Waals surface area contributed by atoms with Gasteiger partial charge in [0.25, 0.3) is 0 Å². The highest BCUT2D eigenvalue weighted by molar-refractivity contribution is 9.10. The van der Waals surface area contributed by atoms with Crippen LogP contribution < -0.4 is 4.74 Å². The largest absolute Gasteiger partial charge is 0.455 e. The second-order valence-corrected chi connectivity index (χ2v) is 5.70. The maximum absolute atomic E-state index is 9.50. The van der Waals surface area contributed by atoms with Crippen molar-refractivity contribution in [2.75, 3.05) is 0 Å². The molecule has 100 valence electrons. The van der Waals surface area contributed by atoms with Gasteiger partial charge in [0.05, 0.1) is 11.1 Å². The number of rotatable bonds is 3. The van der Waals surface area contributed by atoms with Gasteiger partial charge in [0.15, 0.2) is 0 Å². The Morgan fingerprint density at radius 3 is 2.53 bits per heavy atom. The van der Waals surface area contributed by atoms with Crippen LogP contribution in [0.25, 0.3) is 0 Å². The van der Waals surface area contributed by atoms with Gasteiger partial charge >= 0.3 is 0 Å². The van der Waals surface area contributed by atoms with E-state index < -0.39 is 6.10 Å². The standard InChI is InChI=1S/C15H14BrClO2/c1-9-3-5-12(16)8-15(9)19-14-6-4-11(10(2)18)7-13(14)17/h3-8,10,18H,1-2H3/t10-/m0/s1. The van der Waals surface area contributed by atoms with Gasteiger partial charge in [0.2, 0.25) is 0 Å². The molecule has 0 fully saturated rings. The van der Waals surface area contributed by atoms with Crippen molar-refractivity contribution in [3.05, 3.63) is 57.0 Å². The van der Waals surface area contributed by atoms with E-state index in [0.717, 1.165) is 21.3 Å². The van der Waals surface area contributed by atoms with Gasteiger partial charge in [-0.15, -0.1) is 0 Å². The molecule has 0 heterocycles. The third-order valence-corrected chi connectivity index (χ3v) is 3.60. The van der Waals surface area contributed by atoms with Crippen molar-refractivity contribution in [3.63, 3.8) is 0 Å². The Labute approximate surface area is 126 Å². The summed E-state index contributed by atoms with van der Waals surface area (Å²) in [6.45, 7) is 3.67. The minimum atomic E-state index is -0.542. The number of aryl methyl sites for hydroxylation is 1. The molecule has 0 unspecified atom stereocenters. The van der Waals surface area contributed by atoms with E-state index in [1.165, 1.54) is 0 Å². The zero-order chi connectivity index (χ0) is 14.0. The normalized spacial score (nSPS) is 12.3. The minimum Gasteiger partial charge on any atom is -0.455 e. The fourth-order valence-electron chi connectivity index (χ4n) is 1.66. The Morgan fingerprint density at radius 1 is 1.16 bits per heavy atom. The molecule has 1 N–H and O–H groups in total. The summed E-state index contributed by atoms with van der Waals surface area (Å²) >= 11 is 9.58. The Balaban J connectivity index is 2.31. The van der Waals surface area contributed by atoms with Crippen LogP contribution in [-0.2, 0) is 0 Å². The molecular weight excluding hydrogens is 328 g/mol. The van der Waals surface area contributed by atoms with Gasteiger partial charge in [-0.1, -0.05) is 39.7 Å². The monoisotopic (exact) mass is 340 g/mol. The first-order chi connectivity index (χ1) is 8.97. The summed E-state index contributed by atoms with van der Waals surface area (Å²) in [5.74, 6) is 1.33. The highest BCUT2D eigenvalue weighted by atomic mass is 79.9. The zero-order valence-corrected chi connectivity index (χ0v) is 13.0. The minimum absolute atomic E-state index is 0.484. The first-order valence-electron chi connectivity index (χ1n) is 5.89. The van der Waals surface area contributed by atoms with Crippen LogP contribution in [0, 0.1) is 6.92 Å². The second-order valence-electron chi connectivity index (χ2n) is 4.38. The molecule has 2 aromatic rings. The summed E-state index contributed by atoms with van der Waals surface area (Å²) in [6, 6.07) is 11.1. The molecule has 0 aliphatic rings. The molecule has 0 saturated heterocycles. The van der Waals surface area contributed by atoms with Gasteiger partial charge in [-0.25, -0.2) is 0 Å². The molecule has 0 radical (unpaired) electrons. The van der Waals surface area contributed by atoms with Crippen molar-refractivity contribution < 1.29 is 9.84 Å². The molecule has 2 rings (SSSR count). The summed E-state index contributed by atoms with van der Waals surface area (Å²) in [7, 11) is 0. The van der Waals surface area contributed by atoms with E-state index in [-0.39, 0.29) is 0 Å².